The molecule has 212 valence electrons. The van der Waals surface area contributed by atoms with Gasteiger partial charge in [0.25, 0.3) is 11.8 Å². The van der Waals surface area contributed by atoms with Gasteiger partial charge in [-0.2, -0.15) is 0 Å². The second kappa shape index (κ2) is 18.5. The molecule has 6 heteroatoms. The Hall–Kier alpha value is -2.70. The number of likely N-dealkylation sites (tertiary alicyclic amines) is 2. The van der Waals surface area contributed by atoms with E-state index in [0.717, 1.165) is 63.0 Å². The van der Waals surface area contributed by atoms with E-state index in [0.29, 0.717) is 12.1 Å². The van der Waals surface area contributed by atoms with E-state index in [9.17, 15) is 9.59 Å². The molecule has 0 N–H and O–H groups in total. The lowest BCUT2D eigenvalue weighted by atomic mass is 10.0. The van der Waals surface area contributed by atoms with Gasteiger partial charge < -0.3 is 19.6 Å². The second-order valence-corrected chi connectivity index (χ2v) is 9.71. The molecule has 2 fully saturated rings. The summed E-state index contributed by atoms with van der Waals surface area (Å²) in [4.78, 5) is 32.8. The first-order chi connectivity index (χ1) is 18.4. The highest BCUT2D eigenvalue weighted by molar-refractivity contribution is 5.94. The monoisotopic (exact) mass is 524 g/mol. The third kappa shape index (κ3) is 10.6. The lowest BCUT2D eigenvalue weighted by Gasteiger charge is -2.35. The molecule has 0 aliphatic carbocycles. The van der Waals surface area contributed by atoms with Crippen LogP contribution in [0.2, 0.25) is 0 Å². The minimum absolute atomic E-state index is 0.169. The Bertz CT molecular complexity index is 811. The summed E-state index contributed by atoms with van der Waals surface area (Å²) in [7, 11) is 8.44. The van der Waals surface area contributed by atoms with Gasteiger partial charge in [-0.3, -0.25) is 9.59 Å². The number of rotatable bonds is 4. The molecule has 2 aromatic rings. The number of hydrogen-bond acceptors (Lipinski definition) is 4. The lowest BCUT2D eigenvalue weighted by molar-refractivity contribution is 0.0656. The van der Waals surface area contributed by atoms with E-state index >= 15 is 0 Å². The van der Waals surface area contributed by atoms with E-state index in [2.05, 4.69) is 38.0 Å². The van der Waals surface area contributed by atoms with Crippen molar-refractivity contribution in [3.63, 3.8) is 0 Å². The normalized spacial score (nSPS) is 15.9. The quantitative estimate of drug-likeness (QED) is 0.510. The molecule has 38 heavy (non-hydrogen) atoms. The molecule has 0 spiro atoms. The van der Waals surface area contributed by atoms with E-state index in [4.69, 9.17) is 0 Å². The van der Waals surface area contributed by atoms with E-state index in [1.165, 1.54) is 0 Å². The first kappa shape index (κ1) is 33.3. The van der Waals surface area contributed by atoms with Crippen molar-refractivity contribution >= 4 is 11.8 Å². The van der Waals surface area contributed by atoms with Crippen molar-refractivity contribution in [1.29, 1.82) is 0 Å². The highest BCUT2D eigenvalue weighted by atomic mass is 16.2. The molecule has 2 saturated heterocycles. The van der Waals surface area contributed by atoms with Crippen LogP contribution >= 0.6 is 0 Å². The fraction of sp³-hybridized carbons (Fsp3) is 0.562. The SMILES string of the molecule is CC.CC.CN(C)C1CCN(C(=O)c2ccccc2)CC1.CN(C)C1CCN(C(=O)c2ccccc2)CC1. The number of amides is 2. The largest absolute Gasteiger partial charge is 0.339 e. The van der Waals surface area contributed by atoms with Crippen molar-refractivity contribution < 1.29 is 9.59 Å². The van der Waals surface area contributed by atoms with Gasteiger partial charge >= 0.3 is 0 Å². The summed E-state index contributed by atoms with van der Waals surface area (Å²) in [5.74, 6) is 0.339. The molecule has 6 nitrogen and oxygen atoms in total. The van der Waals surface area contributed by atoms with Gasteiger partial charge in [-0.1, -0.05) is 64.1 Å². The van der Waals surface area contributed by atoms with Crippen LogP contribution in [-0.4, -0.2) is 97.9 Å². The number of hydrogen-bond donors (Lipinski definition) is 0. The Morgan fingerprint density at radius 2 is 0.816 bits per heavy atom. The molecule has 0 saturated carbocycles. The Morgan fingerprint density at radius 1 is 0.553 bits per heavy atom. The van der Waals surface area contributed by atoms with Gasteiger partial charge in [0.05, 0.1) is 0 Å². The first-order valence-electron chi connectivity index (χ1n) is 14.4. The summed E-state index contributed by atoms with van der Waals surface area (Å²) in [6.45, 7) is 11.5. The van der Waals surface area contributed by atoms with Crippen molar-refractivity contribution in [2.45, 2.75) is 65.5 Å². The predicted molar refractivity (Wildman–Crippen MR) is 161 cm³/mol. The van der Waals surface area contributed by atoms with Gasteiger partial charge in [0.15, 0.2) is 0 Å². The Labute approximate surface area is 232 Å². The van der Waals surface area contributed by atoms with Crippen molar-refractivity contribution in [2.75, 3.05) is 54.4 Å². The van der Waals surface area contributed by atoms with E-state index < -0.39 is 0 Å². The fourth-order valence-electron chi connectivity index (χ4n) is 4.70. The zero-order valence-electron chi connectivity index (χ0n) is 25.2. The number of carbonyl (C=O) groups is 2. The predicted octanol–water partition coefficient (Wildman–Crippen LogP) is 5.76. The molecule has 0 bridgehead atoms. The average molecular weight is 525 g/mol. The maximum Gasteiger partial charge on any atom is 0.253 e. The van der Waals surface area contributed by atoms with Gasteiger partial charge in [0.1, 0.15) is 0 Å². The zero-order valence-corrected chi connectivity index (χ0v) is 25.2. The number of benzene rings is 2. The van der Waals surface area contributed by atoms with Crippen LogP contribution in [0.5, 0.6) is 0 Å². The average Bonchev–Trinajstić information content (AvgIpc) is 2.99. The molecule has 0 atom stereocenters. The van der Waals surface area contributed by atoms with Crippen molar-refractivity contribution in [3.8, 4) is 0 Å². The standard InChI is InChI=1S/2C14H20N2O.2C2H6/c2*1-15(2)13-8-10-16(11-9-13)14(17)12-6-4-3-5-7-12;2*1-2/h2*3-7,13H,8-11H2,1-2H3;2*1-2H3. The van der Waals surface area contributed by atoms with Crippen molar-refractivity contribution in [1.82, 2.24) is 19.6 Å². The topological polar surface area (TPSA) is 47.1 Å². The van der Waals surface area contributed by atoms with E-state index in [-0.39, 0.29) is 11.8 Å². The third-order valence-electron chi connectivity index (χ3n) is 7.01. The molecule has 2 aliphatic heterocycles. The minimum Gasteiger partial charge on any atom is -0.339 e. The third-order valence-corrected chi connectivity index (χ3v) is 7.01. The minimum atomic E-state index is 0.169. The van der Waals surface area contributed by atoms with Gasteiger partial charge in [-0.15, -0.1) is 0 Å². The molecular formula is C32H52N4O2. The van der Waals surface area contributed by atoms with E-state index in [1.54, 1.807) is 0 Å². The van der Waals surface area contributed by atoms with Crippen LogP contribution in [0.15, 0.2) is 60.7 Å². The maximum atomic E-state index is 12.2. The first-order valence-corrected chi connectivity index (χ1v) is 14.4. The van der Waals surface area contributed by atoms with E-state index in [1.807, 2.05) is 98.2 Å². The highest BCUT2D eigenvalue weighted by Crippen LogP contribution is 2.17. The summed E-state index contributed by atoms with van der Waals surface area (Å²) in [6, 6.07) is 20.3. The van der Waals surface area contributed by atoms with Crippen molar-refractivity contribution in [3.05, 3.63) is 71.8 Å². The Balaban J connectivity index is 0.000000336. The van der Waals surface area contributed by atoms with Crippen LogP contribution < -0.4 is 0 Å². The van der Waals surface area contributed by atoms with Gasteiger partial charge in [0, 0.05) is 49.4 Å². The van der Waals surface area contributed by atoms with Crippen LogP contribution in [0.3, 0.4) is 0 Å². The summed E-state index contributed by atoms with van der Waals surface area (Å²) in [6.07, 6.45) is 4.30. The highest BCUT2D eigenvalue weighted by Gasteiger charge is 2.25. The van der Waals surface area contributed by atoms with Crippen LogP contribution in [0.4, 0.5) is 0 Å². The number of piperidine rings is 2. The summed E-state index contributed by atoms with van der Waals surface area (Å²) < 4.78 is 0. The molecule has 2 heterocycles. The smallest absolute Gasteiger partial charge is 0.253 e. The Morgan fingerprint density at radius 3 is 1.05 bits per heavy atom. The van der Waals surface area contributed by atoms with Gasteiger partial charge in [0.2, 0.25) is 0 Å². The molecule has 4 rings (SSSR count). The molecule has 2 aromatic carbocycles. The second-order valence-electron chi connectivity index (χ2n) is 9.71. The van der Waals surface area contributed by atoms with Crippen molar-refractivity contribution in [2.24, 2.45) is 0 Å². The summed E-state index contributed by atoms with van der Waals surface area (Å²) in [5.41, 5.74) is 1.60. The molecule has 0 radical (unpaired) electrons. The molecule has 0 unspecified atom stereocenters. The van der Waals surface area contributed by atoms with Crippen LogP contribution in [0, 0.1) is 0 Å². The fourth-order valence-corrected chi connectivity index (χ4v) is 4.70. The number of carbonyl (C=O) groups excluding carboxylic acids is 2. The number of nitrogens with zero attached hydrogens (tertiary/aromatic N) is 4. The lowest BCUT2D eigenvalue weighted by Crippen LogP contribution is -2.44. The maximum absolute atomic E-state index is 12.2. The van der Waals surface area contributed by atoms with Crippen LogP contribution in [-0.2, 0) is 0 Å². The molecule has 2 amide bonds. The van der Waals surface area contributed by atoms with Crippen LogP contribution in [0.25, 0.3) is 0 Å². The Kier molecular flexibility index (Phi) is 16.3. The molecule has 2 aliphatic rings. The van der Waals surface area contributed by atoms with Crippen LogP contribution in [0.1, 0.15) is 74.1 Å². The summed E-state index contributed by atoms with van der Waals surface area (Å²) in [5, 5.41) is 0. The van der Waals surface area contributed by atoms with Gasteiger partial charge in [-0.25, -0.2) is 0 Å². The zero-order chi connectivity index (χ0) is 28.5. The summed E-state index contributed by atoms with van der Waals surface area (Å²) >= 11 is 0. The molecule has 0 aromatic heterocycles. The van der Waals surface area contributed by atoms with Gasteiger partial charge in [-0.05, 0) is 78.1 Å². The molecular weight excluding hydrogens is 472 g/mol.